The number of rotatable bonds is 13. The van der Waals surface area contributed by atoms with E-state index in [4.69, 9.17) is 4.74 Å². The maximum atomic E-state index is 14.0. The van der Waals surface area contributed by atoms with E-state index in [2.05, 4.69) is 60.9 Å². The number of unbranched alkanes of at least 4 members (excludes halogenated alkanes) is 2. The largest absolute Gasteiger partial charge is 0.465 e. The zero-order valence-electron chi connectivity index (χ0n) is 25.2. The van der Waals surface area contributed by atoms with Crippen LogP contribution >= 0.6 is 11.3 Å². The standard InChI is InChI=1S/C35H46N2O3S/c1-5-6-7-8-32-17-18-33(41-32)34(38)37(31-20-23-36(24-21-31)22-19-26(2)3)25-27-9-11-28(12-10-27)29-13-15-30(16-14-29)35(39)40-4/h9-18,26,31H,5-8,19-25H2,1-4H3. The molecule has 1 amide bonds. The van der Waals surface area contributed by atoms with Crippen LogP contribution in [0.5, 0.6) is 0 Å². The van der Waals surface area contributed by atoms with Crippen molar-refractivity contribution in [1.82, 2.24) is 9.80 Å². The molecule has 1 aromatic heterocycles. The van der Waals surface area contributed by atoms with Gasteiger partial charge in [-0.2, -0.15) is 0 Å². The lowest BCUT2D eigenvalue weighted by molar-refractivity contribution is 0.0550. The number of amides is 1. The number of hydrogen-bond acceptors (Lipinski definition) is 5. The summed E-state index contributed by atoms with van der Waals surface area (Å²) in [5.74, 6) is 0.547. The predicted octanol–water partition coefficient (Wildman–Crippen LogP) is 8.09. The number of likely N-dealkylation sites (tertiary alicyclic amines) is 1. The number of carbonyl (C=O) groups is 2. The molecular weight excluding hydrogens is 528 g/mol. The van der Waals surface area contributed by atoms with E-state index in [-0.39, 0.29) is 17.9 Å². The topological polar surface area (TPSA) is 49.9 Å². The van der Waals surface area contributed by atoms with E-state index >= 15 is 0 Å². The number of piperidine rings is 1. The van der Waals surface area contributed by atoms with Crippen LogP contribution in [0.15, 0.2) is 60.7 Å². The Bertz CT molecular complexity index is 1240. The molecule has 0 aliphatic carbocycles. The van der Waals surface area contributed by atoms with Crippen LogP contribution in [-0.4, -0.2) is 54.5 Å². The smallest absolute Gasteiger partial charge is 0.337 e. The van der Waals surface area contributed by atoms with E-state index in [1.807, 2.05) is 18.2 Å². The molecule has 1 aliphatic heterocycles. The van der Waals surface area contributed by atoms with Gasteiger partial charge in [-0.25, -0.2) is 4.79 Å². The van der Waals surface area contributed by atoms with Crippen molar-refractivity contribution >= 4 is 23.2 Å². The summed E-state index contributed by atoms with van der Waals surface area (Å²) < 4.78 is 4.81. The highest BCUT2D eigenvalue weighted by atomic mass is 32.1. The number of benzene rings is 2. The first-order chi connectivity index (χ1) is 19.9. The van der Waals surface area contributed by atoms with Gasteiger partial charge in [0, 0.05) is 30.6 Å². The van der Waals surface area contributed by atoms with Crippen molar-refractivity contribution in [2.45, 2.75) is 78.3 Å². The molecule has 3 aromatic rings. The molecule has 0 spiro atoms. The summed E-state index contributed by atoms with van der Waals surface area (Å²) in [6.07, 6.45) is 7.93. The van der Waals surface area contributed by atoms with E-state index in [1.165, 1.54) is 37.7 Å². The highest BCUT2D eigenvalue weighted by Crippen LogP contribution is 2.27. The molecule has 4 rings (SSSR count). The van der Waals surface area contributed by atoms with Crippen LogP contribution in [0.3, 0.4) is 0 Å². The Morgan fingerprint density at radius 1 is 0.951 bits per heavy atom. The number of thiophene rings is 1. The second-order valence-electron chi connectivity index (χ2n) is 11.7. The minimum Gasteiger partial charge on any atom is -0.465 e. The second kappa shape index (κ2) is 15.3. The van der Waals surface area contributed by atoms with Crippen molar-refractivity contribution in [3.8, 4) is 11.1 Å². The van der Waals surface area contributed by atoms with E-state index in [1.54, 1.807) is 23.5 Å². The third-order valence-electron chi connectivity index (χ3n) is 8.13. The summed E-state index contributed by atoms with van der Waals surface area (Å²) in [6.45, 7) is 10.7. The summed E-state index contributed by atoms with van der Waals surface area (Å²) in [4.78, 5) is 32.6. The van der Waals surface area contributed by atoms with Gasteiger partial charge in [0.15, 0.2) is 0 Å². The van der Waals surface area contributed by atoms with Crippen LogP contribution in [0, 0.1) is 5.92 Å². The average Bonchev–Trinajstić information content (AvgIpc) is 3.48. The molecule has 1 fully saturated rings. The van der Waals surface area contributed by atoms with Crippen molar-refractivity contribution < 1.29 is 14.3 Å². The minimum atomic E-state index is -0.332. The second-order valence-corrected chi connectivity index (χ2v) is 12.8. The molecular formula is C35H46N2O3S. The van der Waals surface area contributed by atoms with Gasteiger partial charge >= 0.3 is 5.97 Å². The van der Waals surface area contributed by atoms with Gasteiger partial charge in [-0.05, 0) is 85.5 Å². The van der Waals surface area contributed by atoms with Gasteiger partial charge in [0.2, 0.25) is 0 Å². The Kier molecular flexibility index (Phi) is 11.6. The SMILES string of the molecule is CCCCCc1ccc(C(=O)N(Cc2ccc(-c3ccc(C(=O)OC)cc3)cc2)C2CCN(CCC(C)C)CC2)s1. The fourth-order valence-electron chi connectivity index (χ4n) is 5.50. The molecule has 220 valence electrons. The van der Waals surface area contributed by atoms with Crippen molar-refractivity contribution in [2.24, 2.45) is 5.92 Å². The molecule has 0 bridgehead atoms. The lowest BCUT2D eigenvalue weighted by Crippen LogP contribution is -2.47. The van der Waals surface area contributed by atoms with Crippen LogP contribution in [-0.2, 0) is 17.7 Å². The summed E-state index contributed by atoms with van der Waals surface area (Å²) in [6, 6.07) is 20.4. The highest BCUT2D eigenvalue weighted by molar-refractivity contribution is 7.14. The average molecular weight is 575 g/mol. The summed E-state index contributed by atoms with van der Waals surface area (Å²) in [5, 5.41) is 0. The molecule has 41 heavy (non-hydrogen) atoms. The lowest BCUT2D eigenvalue weighted by atomic mass is 9.99. The van der Waals surface area contributed by atoms with Gasteiger partial charge in [-0.1, -0.05) is 70.0 Å². The predicted molar refractivity (Wildman–Crippen MR) is 170 cm³/mol. The minimum absolute atomic E-state index is 0.167. The molecule has 0 N–H and O–H groups in total. The van der Waals surface area contributed by atoms with Gasteiger partial charge < -0.3 is 14.5 Å². The molecule has 0 saturated carbocycles. The van der Waals surface area contributed by atoms with Crippen molar-refractivity contribution in [3.05, 3.63) is 81.5 Å². The van der Waals surface area contributed by atoms with Crippen LogP contribution in [0.2, 0.25) is 0 Å². The van der Waals surface area contributed by atoms with Crippen LogP contribution in [0.25, 0.3) is 11.1 Å². The third-order valence-corrected chi connectivity index (χ3v) is 9.26. The molecule has 0 unspecified atom stereocenters. The first-order valence-electron chi connectivity index (χ1n) is 15.3. The van der Waals surface area contributed by atoms with Crippen molar-refractivity contribution in [1.29, 1.82) is 0 Å². The third kappa shape index (κ3) is 8.76. The van der Waals surface area contributed by atoms with E-state index in [0.29, 0.717) is 18.0 Å². The lowest BCUT2D eigenvalue weighted by Gasteiger charge is -2.38. The van der Waals surface area contributed by atoms with Crippen molar-refractivity contribution in [3.63, 3.8) is 0 Å². The molecule has 1 saturated heterocycles. The number of carbonyl (C=O) groups excluding carboxylic acids is 2. The zero-order chi connectivity index (χ0) is 29.2. The summed E-state index contributed by atoms with van der Waals surface area (Å²) in [7, 11) is 1.39. The maximum absolute atomic E-state index is 14.0. The fraction of sp³-hybridized carbons (Fsp3) is 0.486. The number of ether oxygens (including phenoxy) is 1. The Hall–Kier alpha value is -2.96. The Labute approximate surface area is 250 Å². The van der Waals surface area contributed by atoms with Crippen LogP contribution in [0.4, 0.5) is 0 Å². The molecule has 1 aliphatic rings. The number of aryl methyl sites for hydroxylation is 1. The maximum Gasteiger partial charge on any atom is 0.337 e. The van der Waals surface area contributed by atoms with E-state index < -0.39 is 0 Å². The zero-order valence-corrected chi connectivity index (χ0v) is 26.1. The Morgan fingerprint density at radius 3 is 2.22 bits per heavy atom. The van der Waals surface area contributed by atoms with Gasteiger partial charge in [0.25, 0.3) is 5.91 Å². The van der Waals surface area contributed by atoms with Gasteiger partial charge in [0.1, 0.15) is 0 Å². The van der Waals surface area contributed by atoms with E-state index in [9.17, 15) is 9.59 Å². The van der Waals surface area contributed by atoms with Crippen LogP contribution in [0.1, 0.15) is 89.8 Å². The molecule has 0 atom stereocenters. The fourth-order valence-corrected chi connectivity index (χ4v) is 6.50. The van der Waals surface area contributed by atoms with Gasteiger partial charge in [-0.3, -0.25) is 4.79 Å². The summed E-state index contributed by atoms with van der Waals surface area (Å²) >= 11 is 1.68. The number of esters is 1. The molecule has 5 nitrogen and oxygen atoms in total. The molecule has 2 heterocycles. The monoisotopic (exact) mass is 574 g/mol. The van der Waals surface area contributed by atoms with Gasteiger partial charge in [-0.15, -0.1) is 11.3 Å². The number of methoxy groups -OCH3 is 1. The molecule has 0 radical (unpaired) electrons. The van der Waals surface area contributed by atoms with Gasteiger partial charge in [0.05, 0.1) is 17.6 Å². The number of hydrogen-bond donors (Lipinski definition) is 0. The Balaban J connectivity index is 1.48. The van der Waals surface area contributed by atoms with Crippen LogP contribution < -0.4 is 0 Å². The number of nitrogens with zero attached hydrogens (tertiary/aromatic N) is 2. The van der Waals surface area contributed by atoms with E-state index in [0.717, 1.165) is 60.5 Å². The Morgan fingerprint density at radius 2 is 1.61 bits per heavy atom. The summed E-state index contributed by atoms with van der Waals surface area (Å²) in [5.41, 5.74) is 3.80. The quantitative estimate of drug-likeness (QED) is 0.153. The van der Waals surface area contributed by atoms with Crippen molar-refractivity contribution in [2.75, 3.05) is 26.7 Å². The molecule has 6 heteroatoms. The normalized spacial score (nSPS) is 14.4. The highest BCUT2D eigenvalue weighted by Gasteiger charge is 2.29. The first kappa shape index (κ1) is 31.0. The first-order valence-corrected chi connectivity index (χ1v) is 16.1. The molecule has 2 aromatic carbocycles.